The highest BCUT2D eigenvalue weighted by molar-refractivity contribution is 7.19. The molecule has 0 unspecified atom stereocenters. The lowest BCUT2D eigenvalue weighted by atomic mass is 10.2. The summed E-state index contributed by atoms with van der Waals surface area (Å²) in [5.74, 6) is 2.97. The summed E-state index contributed by atoms with van der Waals surface area (Å²) in [6, 6.07) is 23.7. The van der Waals surface area contributed by atoms with Gasteiger partial charge in [-0.1, -0.05) is 36.4 Å². The zero-order valence-electron chi connectivity index (χ0n) is 14.3. The fraction of sp³-hybridized carbons (Fsp3) is 0.0455. The summed E-state index contributed by atoms with van der Waals surface area (Å²) in [5.41, 5.74) is 1.93. The van der Waals surface area contributed by atoms with Crippen molar-refractivity contribution in [1.29, 1.82) is 0 Å². The fourth-order valence-electron chi connectivity index (χ4n) is 2.88. The molecule has 1 aliphatic heterocycles. The van der Waals surface area contributed by atoms with Crippen LogP contribution in [-0.2, 0) is 0 Å². The summed E-state index contributed by atoms with van der Waals surface area (Å²) in [6.07, 6.45) is 1.98. The van der Waals surface area contributed by atoms with Crippen LogP contribution in [0.25, 0.3) is 22.1 Å². The Bertz CT molecular complexity index is 1100. The van der Waals surface area contributed by atoms with E-state index >= 15 is 0 Å². The molecule has 0 N–H and O–H groups in total. The minimum Gasteiger partial charge on any atom is -0.454 e. The number of benzene rings is 3. The molecule has 5 rings (SSSR count). The van der Waals surface area contributed by atoms with Crippen LogP contribution in [-0.4, -0.2) is 11.8 Å². The molecule has 4 nitrogen and oxygen atoms in total. The van der Waals surface area contributed by atoms with Crippen molar-refractivity contribution >= 4 is 33.4 Å². The normalized spacial score (nSPS) is 13.1. The lowest BCUT2D eigenvalue weighted by Gasteiger charge is -2.08. The molecule has 0 saturated heterocycles. The maximum absolute atomic E-state index is 6.19. The van der Waals surface area contributed by atoms with E-state index in [-0.39, 0.29) is 6.79 Å². The molecular formula is C22H15NO3S. The van der Waals surface area contributed by atoms with Gasteiger partial charge in [-0.15, -0.1) is 11.3 Å². The van der Waals surface area contributed by atoms with Gasteiger partial charge >= 0.3 is 0 Å². The van der Waals surface area contributed by atoms with Gasteiger partial charge in [0, 0.05) is 0 Å². The second-order valence-electron chi connectivity index (χ2n) is 6.02. The van der Waals surface area contributed by atoms with Crippen molar-refractivity contribution in [2.75, 3.05) is 6.79 Å². The molecule has 0 aliphatic carbocycles. The molecule has 4 aromatic rings. The minimum atomic E-state index is 0.258. The Morgan fingerprint density at radius 3 is 2.63 bits per heavy atom. The second-order valence-corrected chi connectivity index (χ2v) is 7.05. The van der Waals surface area contributed by atoms with Crippen molar-refractivity contribution in [3.63, 3.8) is 0 Å². The minimum absolute atomic E-state index is 0.258. The highest BCUT2D eigenvalue weighted by Gasteiger charge is 2.15. The van der Waals surface area contributed by atoms with E-state index in [9.17, 15) is 0 Å². The Morgan fingerprint density at radius 2 is 1.74 bits per heavy atom. The van der Waals surface area contributed by atoms with Crippen LogP contribution >= 0.6 is 11.3 Å². The highest BCUT2D eigenvalue weighted by Crippen LogP contribution is 2.35. The molecule has 0 amide bonds. The lowest BCUT2D eigenvalue weighted by Crippen LogP contribution is -1.94. The van der Waals surface area contributed by atoms with Gasteiger partial charge in [-0.3, -0.25) is 0 Å². The first kappa shape index (κ1) is 15.9. The molecule has 27 heavy (non-hydrogen) atoms. The third kappa shape index (κ3) is 3.25. The van der Waals surface area contributed by atoms with E-state index in [1.807, 2.05) is 72.8 Å². The van der Waals surface area contributed by atoms with Gasteiger partial charge in [0.15, 0.2) is 22.3 Å². The topological polar surface area (TPSA) is 40.6 Å². The van der Waals surface area contributed by atoms with Crippen molar-refractivity contribution < 1.29 is 14.2 Å². The van der Waals surface area contributed by atoms with Crippen LogP contribution in [0.5, 0.6) is 17.2 Å². The quantitative estimate of drug-likeness (QED) is 0.437. The average molecular weight is 373 g/mol. The highest BCUT2D eigenvalue weighted by atomic mass is 32.1. The molecule has 0 saturated carbocycles. The number of rotatable bonds is 4. The number of hydrogen-bond acceptors (Lipinski definition) is 5. The molecule has 2 heterocycles. The number of para-hydroxylation sites is 2. The van der Waals surface area contributed by atoms with Crippen LogP contribution in [0.2, 0.25) is 0 Å². The number of hydrogen-bond donors (Lipinski definition) is 0. The van der Waals surface area contributed by atoms with Gasteiger partial charge in [0.05, 0.1) is 10.2 Å². The summed E-state index contributed by atoms with van der Waals surface area (Å²) in [7, 11) is 0. The molecule has 1 aliphatic rings. The van der Waals surface area contributed by atoms with Crippen LogP contribution in [0.4, 0.5) is 0 Å². The molecule has 3 aromatic carbocycles. The number of thiazole rings is 1. The van der Waals surface area contributed by atoms with Crippen molar-refractivity contribution in [2.24, 2.45) is 0 Å². The summed E-state index contributed by atoms with van der Waals surface area (Å²) >= 11 is 1.61. The Hall–Kier alpha value is -3.31. The first-order valence-corrected chi connectivity index (χ1v) is 9.37. The summed E-state index contributed by atoms with van der Waals surface area (Å²) in [6.45, 7) is 0.258. The molecule has 0 atom stereocenters. The molecule has 0 fully saturated rings. The first-order valence-electron chi connectivity index (χ1n) is 8.55. The van der Waals surface area contributed by atoms with E-state index in [1.54, 1.807) is 11.3 Å². The Labute approximate surface area is 160 Å². The zero-order valence-corrected chi connectivity index (χ0v) is 15.1. The van der Waals surface area contributed by atoms with E-state index < -0.39 is 0 Å². The molecular weight excluding hydrogens is 358 g/mol. The number of ether oxygens (including phenoxy) is 3. The van der Waals surface area contributed by atoms with Gasteiger partial charge in [0.2, 0.25) is 6.79 Å². The van der Waals surface area contributed by atoms with E-state index in [4.69, 9.17) is 19.2 Å². The summed E-state index contributed by atoms with van der Waals surface area (Å²) in [4.78, 5) is 4.75. The van der Waals surface area contributed by atoms with Gasteiger partial charge in [-0.2, -0.15) is 0 Å². The van der Waals surface area contributed by atoms with Gasteiger partial charge in [0.1, 0.15) is 5.75 Å². The Morgan fingerprint density at radius 1 is 0.926 bits per heavy atom. The van der Waals surface area contributed by atoms with E-state index in [0.717, 1.165) is 38.0 Å². The maximum atomic E-state index is 6.19. The predicted molar refractivity (Wildman–Crippen MR) is 107 cm³/mol. The van der Waals surface area contributed by atoms with Crippen molar-refractivity contribution in [3.8, 4) is 17.2 Å². The lowest BCUT2D eigenvalue weighted by molar-refractivity contribution is 0.174. The standard InChI is InChI=1S/C22H15NO3S/c1-2-6-16(7-3-1)26-20(22-23-17-8-4-5-9-21(17)27-22)13-15-10-11-18-19(12-15)25-14-24-18/h1-13H,14H2. The van der Waals surface area contributed by atoms with E-state index in [2.05, 4.69) is 6.07 Å². The number of aromatic nitrogens is 1. The Balaban J connectivity index is 1.59. The zero-order chi connectivity index (χ0) is 18.1. The third-order valence-corrected chi connectivity index (χ3v) is 5.22. The van der Waals surface area contributed by atoms with Crippen molar-refractivity contribution in [2.45, 2.75) is 0 Å². The molecule has 1 aromatic heterocycles. The summed E-state index contributed by atoms with van der Waals surface area (Å²) in [5, 5.41) is 0.831. The smallest absolute Gasteiger partial charge is 0.231 e. The van der Waals surface area contributed by atoms with E-state index in [1.165, 1.54) is 0 Å². The van der Waals surface area contributed by atoms with Crippen molar-refractivity contribution in [1.82, 2.24) is 4.98 Å². The monoisotopic (exact) mass is 373 g/mol. The predicted octanol–water partition coefficient (Wildman–Crippen LogP) is 5.60. The molecule has 132 valence electrons. The van der Waals surface area contributed by atoms with Gasteiger partial charge < -0.3 is 14.2 Å². The first-order chi connectivity index (χ1) is 13.3. The molecule has 5 heteroatoms. The van der Waals surface area contributed by atoms with Gasteiger partial charge in [-0.05, 0) is 48.0 Å². The second kappa shape index (κ2) is 6.78. The molecule has 0 spiro atoms. The van der Waals surface area contributed by atoms with Crippen LogP contribution in [0.1, 0.15) is 10.6 Å². The SMILES string of the molecule is C(=C(Oc1ccccc1)c1nc2ccccc2s1)c1ccc2c(c1)OCO2. The number of fused-ring (bicyclic) bond motifs is 2. The van der Waals surface area contributed by atoms with E-state index in [0.29, 0.717) is 5.76 Å². The van der Waals surface area contributed by atoms with Crippen molar-refractivity contribution in [3.05, 3.63) is 83.4 Å². The van der Waals surface area contributed by atoms with Crippen LogP contribution in [0.15, 0.2) is 72.8 Å². The van der Waals surface area contributed by atoms with Gasteiger partial charge in [-0.25, -0.2) is 4.98 Å². The summed E-state index contributed by atoms with van der Waals surface area (Å²) < 4.78 is 18.2. The fourth-order valence-corrected chi connectivity index (χ4v) is 3.80. The van der Waals surface area contributed by atoms with Gasteiger partial charge in [0.25, 0.3) is 0 Å². The van der Waals surface area contributed by atoms with Crippen LogP contribution in [0, 0.1) is 0 Å². The Kier molecular flexibility index (Phi) is 3.99. The molecule has 0 radical (unpaired) electrons. The van der Waals surface area contributed by atoms with Crippen LogP contribution in [0.3, 0.4) is 0 Å². The molecule has 0 bridgehead atoms. The maximum Gasteiger partial charge on any atom is 0.231 e. The largest absolute Gasteiger partial charge is 0.454 e. The number of nitrogens with zero attached hydrogens (tertiary/aromatic N) is 1. The third-order valence-electron chi connectivity index (χ3n) is 4.17. The average Bonchev–Trinajstić information content (AvgIpc) is 3.34. The van der Waals surface area contributed by atoms with Crippen LogP contribution < -0.4 is 14.2 Å².